The first kappa shape index (κ1) is 26.2. The lowest BCUT2D eigenvalue weighted by Crippen LogP contribution is -3.20. The molecule has 3 aromatic rings. The lowest BCUT2D eigenvalue weighted by Gasteiger charge is -2.47. The normalized spacial score (nSPS) is 23.4. The highest BCUT2D eigenvalue weighted by molar-refractivity contribution is 5.90. The second-order valence-electron chi connectivity index (χ2n) is 8.93. The van der Waals surface area contributed by atoms with Crippen LogP contribution in [0.5, 0.6) is 11.5 Å². The summed E-state index contributed by atoms with van der Waals surface area (Å²) in [7, 11) is 1.67. The van der Waals surface area contributed by atoms with Crippen molar-refractivity contribution in [3.05, 3.63) is 78.5 Å². The maximum atomic E-state index is 11.2. The summed E-state index contributed by atoms with van der Waals surface area (Å²) in [5, 5.41) is 31.2. The smallest absolute Gasteiger partial charge is 0.335 e. The molecular weight excluding hydrogens is 448 g/mol. The monoisotopic (exact) mass is 480 g/mol. The molecule has 1 aromatic heterocycles. The number of aliphatic hydroxyl groups excluding tert-OH is 1. The van der Waals surface area contributed by atoms with Crippen molar-refractivity contribution >= 4 is 16.9 Å². The third-order valence-electron chi connectivity index (χ3n) is 7.12. The van der Waals surface area contributed by atoms with Gasteiger partial charge in [-0.25, -0.2) is 4.79 Å². The van der Waals surface area contributed by atoms with Crippen LogP contribution < -0.4 is 14.7 Å². The Labute approximate surface area is 204 Å². The van der Waals surface area contributed by atoms with Gasteiger partial charge in [0.25, 0.3) is 0 Å². The Kier molecular flexibility index (Phi) is 8.45. The van der Waals surface area contributed by atoms with Crippen molar-refractivity contribution < 1.29 is 35.2 Å². The van der Waals surface area contributed by atoms with E-state index in [-0.39, 0.29) is 17.1 Å². The van der Waals surface area contributed by atoms with Gasteiger partial charge in [0.1, 0.15) is 17.9 Å². The van der Waals surface area contributed by atoms with E-state index in [2.05, 4.69) is 17.6 Å². The van der Waals surface area contributed by atoms with Gasteiger partial charge in [-0.15, -0.1) is 6.58 Å². The number of piperidine rings is 3. The molecule has 35 heavy (non-hydrogen) atoms. The van der Waals surface area contributed by atoms with E-state index in [9.17, 15) is 15.0 Å². The van der Waals surface area contributed by atoms with Gasteiger partial charge in [0.05, 0.1) is 31.3 Å². The molecule has 5 N–H and O–H groups in total. The summed E-state index contributed by atoms with van der Waals surface area (Å²) >= 11 is 0. The number of aliphatic hydroxyl groups is 1. The Morgan fingerprint density at radius 2 is 2.06 bits per heavy atom. The minimum absolute atomic E-state index is 0. The van der Waals surface area contributed by atoms with Crippen LogP contribution in [0.15, 0.2) is 67.4 Å². The predicted octanol–water partition coefficient (Wildman–Crippen LogP) is 1.39. The highest BCUT2D eigenvalue weighted by atomic mass is 16.5. The number of fused-ring (bicyclic) bond motifs is 4. The summed E-state index contributed by atoms with van der Waals surface area (Å²) in [6, 6.07) is 13.6. The highest BCUT2D eigenvalue weighted by Gasteiger charge is 2.45. The zero-order valence-electron chi connectivity index (χ0n) is 19.7. The summed E-state index contributed by atoms with van der Waals surface area (Å²) in [5.74, 6) is 0.447. The first-order valence-corrected chi connectivity index (χ1v) is 11.5. The SMILES string of the molecule is C=C[C@H]1C[NH+]2CC[C@H]1C[C@H]2[C@H](O)c1ccnc2ccc(OC)cc12.O.O=C(O)c1ccccc1[O-]. The Morgan fingerprint density at radius 1 is 1.29 bits per heavy atom. The molecule has 6 rings (SSSR count). The number of methoxy groups -OCH3 is 1. The van der Waals surface area contributed by atoms with E-state index in [1.807, 2.05) is 24.3 Å². The molecule has 0 amide bonds. The molecule has 1 unspecified atom stereocenters. The Balaban J connectivity index is 0.000000264. The number of aromatic carboxylic acids is 1. The van der Waals surface area contributed by atoms with Gasteiger partial charge in [0.15, 0.2) is 0 Å². The molecule has 8 nitrogen and oxygen atoms in total. The number of nitrogens with zero attached hydrogens (tertiary/aromatic N) is 1. The van der Waals surface area contributed by atoms with Gasteiger partial charge >= 0.3 is 5.97 Å². The number of carboxylic acid groups (broad SMARTS) is 1. The lowest BCUT2D eigenvalue weighted by molar-refractivity contribution is -0.949. The summed E-state index contributed by atoms with van der Waals surface area (Å²) in [6.07, 6.45) is 5.76. The summed E-state index contributed by atoms with van der Waals surface area (Å²) < 4.78 is 5.35. The number of ether oxygens (including phenoxy) is 1. The van der Waals surface area contributed by atoms with Crippen LogP contribution in [0, 0.1) is 11.8 Å². The standard InChI is InChI=1S/C20H24N2O2.C7H6O3.H2O/c1-3-13-12-22-9-7-14(13)10-19(22)20(23)16-6-8-21-18-5-4-15(24-2)11-17(16)18;8-6-4-2-1-3-5(6)7(9)10;/h3-6,8,11,13-14,19-20,23H,1,7,9-10,12H2,2H3;1-4,8H,(H,9,10);1H2/t13-,14-,19-,20+;;/m0../s1. The Morgan fingerprint density at radius 3 is 2.66 bits per heavy atom. The molecule has 0 saturated carbocycles. The highest BCUT2D eigenvalue weighted by Crippen LogP contribution is 2.34. The Bertz CT molecular complexity index is 1180. The van der Waals surface area contributed by atoms with Crippen molar-refractivity contribution in [3.8, 4) is 11.5 Å². The number of carboxylic acids is 1. The van der Waals surface area contributed by atoms with Crippen molar-refractivity contribution in [3.63, 3.8) is 0 Å². The predicted molar refractivity (Wildman–Crippen MR) is 131 cm³/mol. The molecule has 3 saturated heterocycles. The molecule has 3 aliphatic rings. The third kappa shape index (κ3) is 5.45. The van der Waals surface area contributed by atoms with Gasteiger partial charge in [0, 0.05) is 30.3 Å². The van der Waals surface area contributed by atoms with Crippen LogP contribution in [0.1, 0.15) is 34.9 Å². The number of pyridine rings is 1. The number of quaternary nitrogens is 1. The molecular formula is C27H32N2O6. The zero-order chi connectivity index (χ0) is 24.2. The number of para-hydroxylation sites is 1. The van der Waals surface area contributed by atoms with Crippen molar-refractivity contribution in [1.29, 1.82) is 0 Å². The minimum Gasteiger partial charge on any atom is -0.872 e. The molecule has 2 aromatic carbocycles. The van der Waals surface area contributed by atoms with E-state index in [0.29, 0.717) is 11.8 Å². The first-order valence-electron chi connectivity index (χ1n) is 11.5. The van der Waals surface area contributed by atoms with E-state index >= 15 is 0 Å². The number of benzene rings is 2. The molecule has 8 heteroatoms. The number of carbonyl (C=O) groups is 1. The second-order valence-corrected chi connectivity index (χ2v) is 8.93. The minimum atomic E-state index is -1.18. The van der Waals surface area contributed by atoms with Gasteiger partial charge in [-0.1, -0.05) is 30.0 Å². The average molecular weight is 481 g/mol. The molecule has 4 heterocycles. The average Bonchev–Trinajstić information content (AvgIpc) is 2.88. The van der Waals surface area contributed by atoms with Crippen LogP contribution in [0.4, 0.5) is 0 Å². The summed E-state index contributed by atoms with van der Waals surface area (Å²) in [4.78, 5) is 16.2. The molecule has 186 valence electrons. The first-order chi connectivity index (χ1) is 16.4. The van der Waals surface area contributed by atoms with Crippen LogP contribution >= 0.6 is 0 Å². The van der Waals surface area contributed by atoms with E-state index in [4.69, 9.17) is 9.84 Å². The number of hydrogen-bond acceptors (Lipinski definition) is 5. The third-order valence-corrected chi connectivity index (χ3v) is 7.12. The van der Waals surface area contributed by atoms with Gasteiger partial charge in [-0.05, 0) is 41.8 Å². The lowest BCUT2D eigenvalue weighted by atomic mass is 9.73. The molecule has 0 spiro atoms. The van der Waals surface area contributed by atoms with Gasteiger partial charge in [-0.3, -0.25) is 4.98 Å². The van der Waals surface area contributed by atoms with Crippen LogP contribution in [-0.2, 0) is 0 Å². The largest absolute Gasteiger partial charge is 0.872 e. The van der Waals surface area contributed by atoms with Gasteiger partial charge in [0.2, 0.25) is 0 Å². The van der Waals surface area contributed by atoms with Crippen molar-refractivity contribution in [2.24, 2.45) is 11.8 Å². The molecule has 2 bridgehead atoms. The van der Waals surface area contributed by atoms with Crippen molar-refractivity contribution in [1.82, 2.24) is 4.98 Å². The van der Waals surface area contributed by atoms with Crippen LogP contribution in [0.25, 0.3) is 10.9 Å². The summed E-state index contributed by atoms with van der Waals surface area (Å²) in [6.45, 7) is 6.25. The second kappa shape index (κ2) is 11.3. The van der Waals surface area contributed by atoms with Crippen molar-refractivity contribution in [2.45, 2.75) is 25.0 Å². The fourth-order valence-corrected chi connectivity index (χ4v) is 5.30. The number of nitrogens with one attached hydrogen (secondary N) is 1. The molecule has 0 aliphatic carbocycles. The van der Waals surface area contributed by atoms with E-state index in [1.54, 1.807) is 13.3 Å². The number of rotatable bonds is 5. The number of hydrogen-bond donors (Lipinski definition) is 3. The topological polar surface area (TPSA) is 139 Å². The quantitative estimate of drug-likeness (QED) is 0.472. The fourth-order valence-electron chi connectivity index (χ4n) is 5.30. The number of aromatic nitrogens is 1. The summed E-state index contributed by atoms with van der Waals surface area (Å²) in [5.41, 5.74) is 1.70. The maximum absolute atomic E-state index is 11.2. The molecule has 3 fully saturated rings. The van der Waals surface area contributed by atoms with E-state index in [0.717, 1.165) is 41.7 Å². The maximum Gasteiger partial charge on any atom is 0.335 e. The van der Waals surface area contributed by atoms with Crippen LogP contribution in [0.3, 0.4) is 0 Å². The molecule has 0 radical (unpaired) electrons. The van der Waals surface area contributed by atoms with E-state index in [1.165, 1.54) is 35.6 Å². The molecule has 5 atom stereocenters. The van der Waals surface area contributed by atoms with Gasteiger partial charge < -0.3 is 30.4 Å². The van der Waals surface area contributed by atoms with Crippen molar-refractivity contribution in [2.75, 3.05) is 20.2 Å². The van der Waals surface area contributed by atoms with Crippen LogP contribution in [0.2, 0.25) is 0 Å². The van der Waals surface area contributed by atoms with Gasteiger partial charge in [-0.2, -0.15) is 0 Å². The van der Waals surface area contributed by atoms with Crippen LogP contribution in [-0.4, -0.2) is 52.9 Å². The zero-order valence-corrected chi connectivity index (χ0v) is 19.7. The Hall–Kier alpha value is -3.46. The molecule has 3 aliphatic heterocycles. The van der Waals surface area contributed by atoms with E-state index < -0.39 is 17.8 Å². The fraction of sp³-hybridized carbons (Fsp3) is 0.333.